The van der Waals surface area contributed by atoms with Gasteiger partial charge in [0.05, 0.1) is 3.79 Å². The van der Waals surface area contributed by atoms with Crippen molar-refractivity contribution >= 4 is 65.6 Å². The summed E-state index contributed by atoms with van der Waals surface area (Å²) in [5.74, 6) is 1.18. The van der Waals surface area contributed by atoms with Crippen molar-refractivity contribution in [1.29, 1.82) is 0 Å². The van der Waals surface area contributed by atoms with E-state index in [1.165, 1.54) is 63.0 Å². The minimum absolute atomic E-state index is 0. The summed E-state index contributed by atoms with van der Waals surface area (Å²) < 4.78 is 1.30. The third-order valence-electron chi connectivity index (χ3n) is 13.3. The zero-order valence-corrected chi connectivity index (χ0v) is 55.4. The van der Waals surface area contributed by atoms with Crippen LogP contribution < -0.4 is 0 Å². The monoisotopic (exact) mass is 1150 g/mol. The average Bonchev–Trinajstić information content (AvgIpc) is 3.69. The standard InChI is InChI=1S/C25H34S.2C12H27P.C11H13BrS.CH4.Pd/c1-14-15(2)21-17(4)22(26-23(21)16(14)3)18-11-19(24(5,6)7)13-20(12-18)25(8,9)10;2*1-10(2,3)13(11(4,5)6)12(7,8)9;1-5-6(2)9-8(4)11(12)13-10(9)7(5)3;;/h11-13,15H,1-10H3;2*1-9H3;6H,1-4H3;1H4;. The fourth-order valence-corrected chi connectivity index (χ4v) is 27.4. The maximum atomic E-state index is 3.61. The molecule has 0 radical (unpaired) electrons. The smallest absolute Gasteiger partial charge is 0.0737 e. The Kier molecular flexibility index (Phi) is 23.1. The van der Waals surface area contributed by atoms with Crippen molar-refractivity contribution in [3.05, 3.63) is 76.3 Å². The zero-order chi connectivity index (χ0) is 51.5. The molecule has 0 saturated carbocycles. The second-order valence-corrected chi connectivity index (χ2v) is 40.3. The van der Waals surface area contributed by atoms with Crippen LogP contribution in [0.4, 0.5) is 0 Å². The molecule has 388 valence electrons. The number of halogens is 1. The fourth-order valence-electron chi connectivity index (χ4n) is 12.0. The summed E-state index contributed by atoms with van der Waals surface area (Å²) in [6.45, 7) is 75.1. The molecule has 0 fully saturated rings. The summed E-state index contributed by atoms with van der Waals surface area (Å²) in [5, 5.41) is 2.70. The Hall–Kier alpha value is 0.102. The van der Waals surface area contributed by atoms with Gasteiger partial charge >= 0.3 is 0 Å². The number of allylic oxidation sites excluding steroid dienone is 4. The molecule has 1 aromatic carbocycles. The Balaban J connectivity index is 0.000000915. The molecule has 2 unspecified atom stereocenters. The summed E-state index contributed by atoms with van der Waals surface area (Å²) in [7, 11) is 0.0324. The predicted octanol–water partition coefficient (Wildman–Crippen LogP) is 23.3. The van der Waals surface area contributed by atoms with E-state index in [1.54, 1.807) is 16.7 Å². The minimum Gasteiger partial charge on any atom is -0.135 e. The third kappa shape index (κ3) is 16.6. The van der Waals surface area contributed by atoms with Gasteiger partial charge in [-0.3, -0.25) is 0 Å². The number of benzene rings is 1. The molecule has 0 amide bonds. The largest absolute Gasteiger partial charge is 0.135 e. The van der Waals surface area contributed by atoms with Crippen molar-refractivity contribution in [1.82, 2.24) is 0 Å². The molecule has 2 aliphatic rings. The zero-order valence-electron chi connectivity index (χ0n) is 48.8. The van der Waals surface area contributed by atoms with Crippen LogP contribution in [-0.4, -0.2) is 30.9 Å². The number of fused-ring (bicyclic) bond motifs is 2. The van der Waals surface area contributed by atoms with Gasteiger partial charge in [-0.2, -0.15) is 0 Å². The molecule has 2 atom stereocenters. The number of hydrogen-bond donors (Lipinski definition) is 0. The van der Waals surface area contributed by atoms with Crippen LogP contribution >= 0.6 is 54.4 Å². The van der Waals surface area contributed by atoms with Crippen LogP contribution in [0.5, 0.6) is 0 Å². The van der Waals surface area contributed by atoms with E-state index in [4.69, 9.17) is 0 Å². The molecule has 0 nitrogen and oxygen atoms in total. The number of thiophene rings is 2. The summed E-state index contributed by atoms with van der Waals surface area (Å²) in [6, 6.07) is 7.28. The fraction of sp³-hybridized carbons (Fsp3) is 0.705. The van der Waals surface area contributed by atoms with Crippen LogP contribution in [0.3, 0.4) is 0 Å². The van der Waals surface area contributed by atoms with Gasteiger partial charge in [0.1, 0.15) is 0 Å². The summed E-state index contributed by atoms with van der Waals surface area (Å²) in [6.07, 6.45) is 0. The van der Waals surface area contributed by atoms with Crippen molar-refractivity contribution in [3.63, 3.8) is 0 Å². The molecule has 0 aliphatic heterocycles. The van der Waals surface area contributed by atoms with E-state index in [0.717, 1.165) is 0 Å². The molecule has 3 aromatic rings. The topological polar surface area (TPSA) is 0 Å². The van der Waals surface area contributed by atoms with E-state index in [-0.39, 0.29) is 54.5 Å². The van der Waals surface area contributed by atoms with Crippen molar-refractivity contribution in [3.8, 4) is 10.4 Å². The first-order valence-corrected chi connectivity index (χ1v) is 29.7. The quantitative estimate of drug-likeness (QED) is 0.168. The first kappa shape index (κ1) is 67.1. The molecule has 6 heteroatoms. The normalized spacial score (nSPS) is 16.9. The maximum absolute atomic E-state index is 3.61. The maximum Gasteiger partial charge on any atom is 0.0737 e. The average molecular weight is 1150 g/mol. The van der Waals surface area contributed by atoms with E-state index in [2.05, 4.69) is 256 Å². The minimum atomic E-state index is 0. The summed E-state index contributed by atoms with van der Waals surface area (Å²) in [5.41, 5.74) is 16.7. The van der Waals surface area contributed by atoms with Gasteiger partial charge in [-0.25, -0.2) is 0 Å². The molecule has 0 bridgehead atoms. The van der Waals surface area contributed by atoms with E-state index in [0.29, 0.717) is 42.8 Å². The van der Waals surface area contributed by atoms with Gasteiger partial charge in [-0.15, -0.1) is 22.7 Å². The van der Waals surface area contributed by atoms with Gasteiger partial charge in [0.2, 0.25) is 0 Å². The van der Waals surface area contributed by atoms with Crippen LogP contribution in [0.25, 0.3) is 21.6 Å². The van der Waals surface area contributed by atoms with Crippen molar-refractivity contribution in [2.24, 2.45) is 0 Å². The van der Waals surface area contributed by atoms with Crippen LogP contribution in [0.2, 0.25) is 0 Å². The van der Waals surface area contributed by atoms with Crippen molar-refractivity contribution < 1.29 is 20.4 Å². The second-order valence-electron chi connectivity index (χ2n) is 27.6. The molecular formula is C61H105BrP2PdS2. The van der Waals surface area contributed by atoms with Gasteiger partial charge in [0.25, 0.3) is 0 Å². The third-order valence-corrected chi connectivity index (χ3v) is 25.1. The molecule has 2 aromatic heterocycles. The second kappa shape index (κ2) is 23.1. The SMILES string of the molecule is C.CC(C)(C)P(C(C)(C)C)C(C)(C)C.CC(C)(C)P(C(C)(C)C)C(C)(C)C.CC1=C(C)C(C)c2c1sc(-c1cc(C(C)(C)C)cc(C(C)(C)C)c1)c2C.CC1=C(C)C(C)c2c1sc(Br)c2C.[Pd]. The Morgan fingerprint density at radius 3 is 0.910 bits per heavy atom. The van der Waals surface area contributed by atoms with Crippen LogP contribution in [-0.2, 0) is 31.3 Å². The molecule has 0 N–H and O–H groups in total. The summed E-state index contributed by atoms with van der Waals surface area (Å²) >= 11 is 7.49. The summed E-state index contributed by atoms with van der Waals surface area (Å²) in [4.78, 5) is 4.47. The van der Waals surface area contributed by atoms with Gasteiger partial charge < -0.3 is 0 Å². The van der Waals surface area contributed by atoms with Gasteiger partial charge in [0, 0.05) is 46.9 Å². The first-order valence-electron chi connectivity index (χ1n) is 24.6. The first-order chi connectivity index (χ1) is 28.6. The van der Waals surface area contributed by atoms with Crippen LogP contribution in [0, 0.1) is 13.8 Å². The molecule has 0 spiro atoms. The van der Waals surface area contributed by atoms with Crippen LogP contribution in [0.1, 0.15) is 270 Å². The molecule has 67 heavy (non-hydrogen) atoms. The molecule has 2 heterocycles. The van der Waals surface area contributed by atoms with E-state index in [1.807, 2.05) is 22.7 Å². The molecule has 2 aliphatic carbocycles. The Morgan fingerprint density at radius 2 is 0.687 bits per heavy atom. The van der Waals surface area contributed by atoms with E-state index >= 15 is 0 Å². The Morgan fingerprint density at radius 1 is 0.418 bits per heavy atom. The molecule has 5 rings (SSSR count). The van der Waals surface area contributed by atoms with Crippen LogP contribution in [0.15, 0.2) is 33.1 Å². The van der Waals surface area contributed by atoms with Gasteiger partial charge in [-0.05, 0) is 161 Å². The Bertz CT molecular complexity index is 2050. The Labute approximate surface area is 451 Å². The van der Waals surface area contributed by atoms with E-state index in [9.17, 15) is 0 Å². The number of rotatable bonds is 1. The molecular weight excluding hydrogens is 1050 g/mol. The van der Waals surface area contributed by atoms with Crippen molar-refractivity contribution in [2.75, 3.05) is 0 Å². The van der Waals surface area contributed by atoms with Crippen molar-refractivity contribution in [2.45, 2.75) is 283 Å². The number of hydrogen-bond acceptors (Lipinski definition) is 2. The molecule has 0 saturated heterocycles. The van der Waals surface area contributed by atoms with Gasteiger partial charge in [-0.1, -0.05) is 220 Å². The van der Waals surface area contributed by atoms with Gasteiger partial charge in [0.15, 0.2) is 0 Å². The predicted molar refractivity (Wildman–Crippen MR) is 321 cm³/mol. The van der Waals surface area contributed by atoms with E-state index < -0.39 is 0 Å².